The standard InChI is InChI=1S/C21H25N5O2/c1-23-15-5-2-4-14(12-15)13-16-19-17(24-20(16)27)6-3-7-18(19)25-8-10-26(11-9-25)21(22)28/h2-7,12,16,23H,8-11,13H2,1H3,(H2,22,28)(H,24,27). The van der Waals surface area contributed by atoms with Crippen LogP contribution in [0.3, 0.4) is 0 Å². The Morgan fingerprint density at radius 1 is 1.18 bits per heavy atom. The van der Waals surface area contributed by atoms with Gasteiger partial charge < -0.3 is 26.2 Å². The summed E-state index contributed by atoms with van der Waals surface area (Å²) in [4.78, 5) is 28.1. The van der Waals surface area contributed by atoms with Crippen LogP contribution in [0.15, 0.2) is 42.5 Å². The molecule has 1 saturated heterocycles. The fourth-order valence-corrected chi connectivity index (χ4v) is 4.11. The molecule has 2 aromatic carbocycles. The highest BCUT2D eigenvalue weighted by atomic mass is 16.2. The minimum atomic E-state index is -0.378. The second-order valence-electron chi connectivity index (χ2n) is 7.25. The number of fused-ring (bicyclic) bond motifs is 1. The maximum absolute atomic E-state index is 12.8. The molecule has 4 rings (SSSR count). The van der Waals surface area contributed by atoms with E-state index < -0.39 is 0 Å². The van der Waals surface area contributed by atoms with Crippen molar-refractivity contribution in [2.24, 2.45) is 5.73 Å². The zero-order valence-corrected chi connectivity index (χ0v) is 15.9. The van der Waals surface area contributed by atoms with Crippen LogP contribution in [-0.4, -0.2) is 50.1 Å². The number of anilines is 3. The lowest BCUT2D eigenvalue weighted by molar-refractivity contribution is -0.117. The molecule has 0 aliphatic carbocycles. The van der Waals surface area contributed by atoms with Crippen molar-refractivity contribution in [3.05, 3.63) is 53.6 Å². The van der Waals surface area contributed by atoms with E-state index in [2.05, 4.69) is 33.7 Å². The van der Waals surface area contributed by atoms with Crippen molar-refractivity contribution in [1.82, 2.24) is 4.90 Å². The Labute approximate surface area is 164 Å². The summed E-state index contributed by atoms with van der Waals surface area (Å²) >= 11 is 0. The molecule has 0 radical (unpaired) electrons. The Kier molecular flexibility index (Phi) is 4.81. The number of rotatable bonds is 4. The molecule has 1 fully saturated rings. The summed E-state index contributed by atoms with van der Waals surface area (Å²) in [6, 6.07) is 13.8. The van der Waals surface area contributed by atoms with Crippen molar-refractivity contribution < 1.29 is 9.59 Å². The predicted octanol–water partition coefficient (Wildman–Crippen LogP) is 2.21. The van der Waals surface area contributed by atoms with Gasteiger partial charge in [-0.3, -0.25) is 4.79 Å². The molecule has 0 bridgehead atoms. The SMILES string of the molecule is CNc1cccc(CC2C(=O)Nc3cccc(N4CCN(C(N)=O)CC4)c32)c1. The molecule has 7 heteroatoms. The van der Waals surface area contributed by atoms with Crippen LogP contribution in [0.2, 0.25) is 0 Å². The first-order valence-corrected chi connectivity index (χ1v) is 9.56. The smallest absolute Gasteiger partial charge is 0.314 e. The first kappa shape index (κ1) is 18.2. The van der Waals surface area contributed by atoms with Crippen molar-refractivity contribution in [2.75, 3.05) is 48.8 Å². The molecule has 1 unspecified atom stereocenters. The fourth-order valence-electron chi connectivity index (χ4n) is 4.11. The van der Waals surface area contributed by atoms with Crippen molar-refractivity contribution in [1.29, 1.82) is 0 Å². The van der Waals surface area contributed by atoms with Crippen molar-refractivity contribution in [2.45, 2.75) is 12.3 Å². The first-order valence-electron chi connectivity index (χ1n) is 9.56. The first-order chi connectivity index (χ1) is 13.6. The van der Waals surface area contributed by atoms with E-state index in [4.69, 9.17) is 5.73 Å². The number of hydrogen-bond donors (Lipinski definition) is 3. The maximum atomic E-state index is 12.8. The predicted molar refractivity (Wildman–Crippen MR) is 111 cm³/mol. The number of primary amides is 1. The molecule has 146 valence electrons. The van der Waals surface area contributed by atoms with Crippen LogP contribution < -0.4 is 21.3 Å². The minimum Gasteiger partial charge on any atom is -0.388 e. The van der Waals surface area contributed by atoms with E-state index >= 15 is 0 Å². The van der Waals surface area contributed by atoms with E-state index in [0.717, 1.165) is 28.2 Å². The van der Waals surface area contributed by atoms with Gasteiger partial charge in [-0.15, -0.1) is 0 Å². The van der Waals surface area contributed by atoms with Gasteiger partial charge in [0.05, 0.1) is 5.92 Å². The summed E-state index contributed by atoms with van der Waals surface area (Å²) in [5.74, 6) is -0.194. The van der Waals surface area contributed by atoms with Crippen LogP contribution in [0.25, 0.3) is 0 Å². The average Bonchev–Trinajstić information content (AvgIpc) is 3.03. The molecule has 28 heavy (non-hydrogen) atoms. The molecule has 2 heterocycles. The summed E-state index contributed by atoms with van der Waals surface area (Å²) in [5, 5.41) is 6.18. The van der Waals surface area contributed by atoms with Crippen molar-refractivity contribution in [3.63, 3.8) is 0 Å². The second-order valence-corrected chi connectivity index (χ2v) is 7.25. The van der Waals surface area contributed by atoms with E-state index in [0.29, 0.717) is 32.6 Å². The number of carbonyl (C=O) groups is 2. The molecule has 4 N–H and O–H groups in total. The number of amides is 3. The second kappa shape index (κ2) is 7.42. The van der Waals surface area contributed by atoms with Gasteiger partial charge in [0.2, 0.25) is 5.91 Å². The van der Waals surface area contributed by atoms with Gasteiger partial charge >= 0.3 is 6.03 Å². The zero-order chi connectivity index (χ0) is 19.7. The highest BCUT2D eigenvalue weighted by Crippen LogP contribution is 2.41. The third-order valence-electron chi connectivity index (χ3n) is 5.59. The number of benzene rings is 2. The average molecular weight is 379 g/mol. The van der Waals surface area contributed by atoms with Crippen molar-refractivity contribution >= 4 is 29.0 Å². The third kappa shape index (κ3) is 3.35. The number of nitrogens with two attached hydrogens (primary N) is 1. The van der Waals surface area contributed by atoms with E-state index in [1.165, 1.54) is 0 Å². The topological polar surface area (TPSA) is 90.7 Å². The van der Waals surface area contributed by atoms with Crippen LogP contribution in [0.5, 0.6) is 0 Å². The summed E-state index contributed by atoms with van der Waals surface area (Å²) in [7, 11) is 1.89. The van der Waals surface area contributed by atoms with Crippen LogP contribution in [0.4, 0.5) is 21.9 Å². The summed E-state index contributed by atoms with van der Waals surface area (Å²) in [5.41, 5.74) is 10.6. The van der Waals surface area contributed by atoms with Gasteiger partial charge in [-0.05, 0) is 36.2 Å². The molecule has 2 aliphatic heterocycles. The monoisotopic (exact) mass is 379 g/mol. The minimum absolute atomic E-state index is 0.0353. The molecular formula is C21H25N5O2. The van der Waals surface area contributed by atoms with Crippen molar-refractivity contribution in [3.8, 4) is 0 Å². The summed E-state index contributed by atoms with van der Waals surface area (Å²) < 4.78 is 0. The van der Waals surface area contributed by atoms with E-state index in [1.54, 1.807) is 4.90 Å². The zero-order valence-electron chi connectivity index (χ0n) is 15.9. The van der Waals surface area contributed by atoms with Crippen LogP contribution in [-0.2, 0) is 11.2 Å². The van der Waals surface area contributed by atoms with Gasteiger partial charge in [0.15, 0.2) is 0 Å². The lowest BCUT2D eigenvalue weighted by atomic mass is 9.91. The molecule has 3 amide bonds. The van der Waals surface area contributed by atoms with E-state index in [1.807, 2.05) is 31.3 Å². The molecule has 0 spiro atoms. The Morgan fingerprint density at radius 2 is 1.93 bits per heavy atom. The lowest BCUT2D eigenvalue weighted by Crippen LogP contribution is -2.50. The van der Waals surface area contributed by atoms with Gasteiger partial charge in [-0.2, -0.15) is 0 Å². The molecule has 2 aliphatic rings. The molecule has 2 aromatic rings. The molecule has 0 saturated carbocycles. The Balaban J connectivity index is 1.61. The normalized spacial score (nSPS) is 18.6. The quantitative estimate of drug-likeness (QED) is 0.760. The summed E-state index contributed by atoms with van der Waals surface area (Å²) in [6.07, 6.45) is 0.645. The van der Waals surface area contributed by atoms with Gasteiger partial charge in [0, 0.05) is 55.9 Å². The molecule has 1 atom stereocenters. The van der Waals surface area contributed by atoms with E-state index in [9.17, 15) is 9.59 Å². The van der Waals surface area contributed by atoms with Gasteiger partial charge in [-0.1, -0.05) is 18.2 Å². The highest BCUT2D eigenvalue weighted by Gasteiger charge is 2.35. The molecular weight excluding hydrogens is 354 g/mol. The number of nitrogens with zero attached hydrogens (tertiary/aromatic N) is 2. The lowest BCUT2D eigenvalue weighted by Gasteiger charge is -2.36. The molecule has 7 nitrogen and oxygen atoms in total. The Morgan fingerprint density at radius 3 is 2.64 bits per heavy atom. The number of carbonyl (C=O) groups excluding carboxylic acids is 2. The molecule has 0 aromatic heterocycles. The number of nitrogens with one attached hydrogen (secondary N) is 2. The summed E-state index contributed by atoms with van der Waals surface area (Å²) in [6.45, 7) is 2.59. The maximum Gasteiger partial charge on any atom is 0.314 e. The van der Waals surface area contributed by atoms with E-state index in [-0.39, 0.29) is 17.9 Å². The third-order valence-corrected chi connectivity index (χ3v) is 5.59. The fraction of sp³-hybridized carbons (Fsp3) is 0.333. The van der Waals surface area contributed by atoms with Gasteiger partial charge in [0.25, 0.3) is 0 Å². The Bertz CT molecular complexity index is 905. The van der Waals surface area contributed by atoms with Gasteiger partial charge in [-0.25, -0.2) is 4.79 Å². The van der Waals surface area contributed by atoms with Gasteiger partial charge in [0.1, 0.15) is 0 Å². The number of urea groups is 1. The van der Waals surface area contributed by atoms with Crippen LogP contribution >= 0.6 is 0 Å². The number of piperazine rings is 1. The van der Waals surface area contributed by atoms with Crippen LogP contribution in [0, 0.1) is 0 Å². The Hall–Kier alpha value is -3.22. The highest BCUT2D eigenvalue weighted by molar-refractivity contribution is 6.05. The van der Waals surface area contributed by atoms with Crippen LogP contribution in [0.1, 0.15) is 17.0 Å². The largest absolute Gasteiger partial charge is 0.388 e. The number of hydrogen-bond acceptors (Lipinski definition) is 4.